The van der Waals surface area contributed by atoms with Crippen molar-refractivity contribution in [3.05, 3.63) is 29.8 Å². The van der Waals surface area contributed by atoms with Crippen LogP contribution in [-0.4, -0.2) is 19.7 Å². The molecule has 0 saturated carbocycles. The Balaban J connectivity index is 2.33. The molecule has 0 unspecified atom stereocenters. The summed E-state index contributed by atoms with van der Waals surface area (Å²) >= 11 is 0. The van der Waals surface area contributed by atoms with Crippen LogP contribution in [0, 0.1) is 5.92 Å². The maximum absolute atomic E-state index is 11.5. The van der Waals surface area contributed by atoms with Crippen LogP contribution in [0.4, 0.5) is 4.79 Å². The Hall–Kier alpha value is -1.71. The molecule has 0 saturated heterocycles. The molecule has 0 bridgehead atoms. The second-order valence-corrected chi connectivity index (χ2v) is 4.60. The van der Waals surface area contributed by atoms with Gasteiger partial charge in [0.15, 0.2) is 0 Å². The topological polar surface area (TPSA) is 50.4 Å². The average Bonchev–Trinajstić information content (AvgIpc) is 2.36. The minimum Gasteiger partial charge on any atom is -0.496 e. The Labute approximate surface area is 109 Å². The molecule has 0 radical (unpaired) electrons. The zero-order valence-corrected chi connectivity index (χ0v) is 11.3. The van der Waals surface area contributed by atoms with Crippen molar-refractivity contribution >= 4 is 6.03 Å². The molecule has 4 nitrogen and oxygen atoms in total. The summed E-state index contributed by atoms with van der Waals surface area (Å²) in [5.74, 6) is 1.39. The molecule has 2 N–H and O–H groups in total. The molecule has 1 aromatic carbocycles. The summed E-state index contributed by atoms with van der Waals surface area (Å²) in [7, 11) is 1.63. The third kappa shape index (κ3) is 5.08. The molecule has 2 amide bonds. The van der Waals surface area contributed by atoms with Crippen LogP contribution in [0.15, 0.2) is 24.3 Å². The number of carbonyl (C=O) groups is 1. The number of nitrogens with one attached hydrogen (secondary N) is 2. The number of carbonyl (C=O) groups excluding carboxylic acids is 1. The maximum Gasteiger partial charge on any atom is 0.315 e. The van der Waals surface area contributed by atoms with E-state index in [4.69, 9.17) is 4.74 Å². The van der Waals surface area contributed by atoms with Gasteiger partial charge in [-0.05, 0) is 18.4 Å². The van der Waals surface area contributed by atoms with Crippen molar-refractivity contribution in [2.24, 2.45) is 5.92 Å². The zero-order valence-electron chi connectivity index (χ0n) is 11.3. The van der Waals surface area contributed by atoms with Gasteiger partial charge in [0.05, 0.1) is 7.11 Å². The van der Waals surface area contributed by atoms with Crippen molar-refractivity contribution in [2.45, 2.75) is 26.8 Å². The van der Waals surface area contributed by atoms with Crippen LogP contribution in [0.5, 0.6) is 5.75 Å². The van der Waals surface area contributed by atoms with E-state index in [1.807, 2.05) is 24.3 Å². The standard InChI is InChI=1S/C14H22N2O2/c1-11(2)8-9-15-14(17)16-10-12-6-4-5-7-13(12)18-3/h4-7,11H,8-10H2,1-3H3,(H2,15,16,17). The Kier molecular flexibility index (Phi) is 6.05. The summed E-state index contributed by atoms with van der Waals surface area (Å²) in [5, 5.41) is 5.65. The SMILES string of the molecule is COc1ccccc1CNC(=O)NCCC(C)C. The highest BCUT2D eigenvalue weighted by atomic mass is 16.5. The summed E-state index contributed by atoms with van der Waals surface area (Å²) in [4.78, 5) is 11.5. The van der Waals surface area contributed by atoms with Gasteiger partial charge in [0.1, 0.15) is 5.75 Å². The van der Waals surface area contributed by atoms with Gasteiger partial charge in [-0.1, -0.05) is 32.0 Å². The molecule has 0 atom stereocenters. The Morgan fingerprint density at radius 3 is 2.67 bits per heavy atom. The Bertz CT molecular complexity index is 378. The monoisotopic (exact) mass is 250 g/mol. The van der Waals surface area contributed by atoms with E-state index in [9.17, 15) is 4.79 Å². The number of rotatable bonds is 6. The fourth-order valence-electron chi connectivity index (χ4n) is 1.56. The third-order valence-electron chi connectivity index (χ3n) is 2.64. The van der Waals surface area contributed by atoms with E-state index in [0.717, 1.165) is 17.7 Å². The van der Waals surface area contributed by atoms with Gasteiger partial charge in [0, 0.05) is 18.7 Å². The number of para-hydroxylation sites is 1. The molecule has 1 rings (SSSR count). The molecule has 1 aromatic rings. The highest BCUT2D eigenvalue weighted by Crippen LogP contribution is 2.16. The second-order valence-electron chi connectivity index (χ2n) is 4.60. The van der Waals surface area contributed by atoms with Crippen molar-refractivity contribution in [1.29, 1.82) is 0 Å². The zero-order chi connectivity index (χ0) is 13.4. The summed E-state index contributed by atoms with van der Waals surface area (Å²) < 4.78 is 5.22. The van der Waals surface area contributed by atoms with E-state index < -0.39 is 0 Å². The van der Waals surface area contributed by atoms with Crippen LogP contribution in [0.25, 0.3) is 0 Å². The van der Waals surface area contributed by atoms with Crippen molar-refractivity contribution in [3.8, 4) is 5.75 Å². The number of amides is 2. The van der Waals surface area contributed by atoms with E-state index in [2.05, 4.69) is 24.5 Å². The molecular weight excluding hydrogens is 228 g/mol. The van der Waals surface area contributed by atoms with Gasteiger partial charge in [0.2, 0.25) is 0 Å². The molecular formula is C14H22N2O2. The number of methoxy groups -OCH3 is 1. The minimum atomic E-state index is -0.137. The lowest BCUT2D eigenvalue weighted by Crippen LogP contribution is -2.35. The normalized spacial score (nSPS) is 10.2. The fraction of sp³-hybridized carbons (Fsp3) is 0.500. The minimum absolute atomic E-state index is 0.137. The maximum atomic E-state index is 11.5. The van der Waals surface area contributed by atoms with Gasteiger partial charge in [-0.2, -0.15) is 0 Å². The molecule has 0 aliphatic rings. The van der Waals surface area contributed by atoms with Crippen LogP contribution in [0.3, 0.4) is 0 Å². The van der Waals surface area contributed by atoms with E-state index >= 15 is 0 Å². The van der Waals surface area contributed by atoms with Crippen molar-refractivity contribution in [1.82, 2.24) is 10.6 Å². The van der Waals surface area contributed by atoms with Gasteiger partial charge in [-0.3, -0.25) is 0 Å². The smallest absolute Gasteiger partial charge is 0.315 e. The van der Waals surface area contributed by atoms with Gasteiger partial charge in [-0.15, -0.1) is 0 Å². The first kappa shape index (κ1) is 14.4. The van der Waals surface area contributed by atoms with E-state index in [1.54, 1.807) is 7.11 Å². The van der Waals surface area contributed by atoms with Crippen LogP contribution in [0.1, 0.15) is 25.8 Å². The van der Waals surface area contributed by atoms with E-state index in [1.165, 1.54) is 0 Å². The largest absolute Gasteiger partial charge is 0.496 e. The Morgan fingerprint density at radius 2 is 2.00 bits per heavy atom. The lowest BCUT2D eigenvalue weighted by atomic mass is 10.1. The molecule has 0 aromatic heterocycles. The van der Waals surface area contributed by atoms with E-state index in [0.29, 0.717) is 19.0 Å². The number of hydrogen-bond acceptors (Lipinski definition) is 2. The first-order valence-electron chi connectivity index (χ1n) is 6.27. The average molecular weight is 250 g/mol. The predicted molar refractivity (Wildman–Crippen MR) is 72.7 cm³/mol. The summed E-state index contributed by atoms with van der Waals surface area (Å²) in [6, 6.07) is 7.52. The van der Waals surface area contributed by atoms with Crippen LogP contribution in [-0.2, 0) is 6.54 Å². The van der Waals surface area contributed by atoms with Crippen molar-refractivity contribution in [2.75, 3.05) is 13.7 Å². The molecule has 0 aliphatic heterocycles. The number of benzene rings is 1. The van der Waals surface area contributed by atoms with Gasteiger partial charge >= 0.3 is 6.03 Å². The molecule has 0 heterocycles. The quantitative estimate of drug-likeness (QED) is 0.815. The summed E-state index contributed by atoms with van der Waals surface area (Å²) in [6.07, 6.45) is 0.988. The highest BCUT2D eigenvalue weighted by Gasteiger charge is 2.04. The predicted octanol–water partition coefficient (Wildman–Crippen LogP) is 2.54. The fourth-order valence-corrected chi connectivity index (χ4v) is 1.56. The summed E-state index contributed by atoms with van der Waals surface area (Å²) in [5.41, 5.74) is 0.971. The first-order valence-corrected chi connectivity index (χ1v) is 6.27. The third-order valence-corrected chi connectivity index (χ3v) is 2.64. The number of urea groups is 1. The highest BCUT2D eigenvalue weighted by molar-refractivity contribution is 5.73. The van der Waals surface area contributed by atoms with Gasteiger partial charge < -0.3 is 15.4 Å². The van der Waals surface area contributed by atoms with Gasteiger partial charge in [-0.25, -0.2) is 4.79 Å². The Morgan fingerprint density at radius 1 is 1.28 bits per heavy atom. The first-order chi connectivity index (χ1) is 8.63. The second kappa shape index (κ2) is 7.58. The number of ether oxygens (including phenoxy) is 1. The van der Waals surface area contributed by atoms with Crippen LogP contribution >= 0.6 is 0 Å². The molecule has 0 fully saturated rings. The van der Waals surface area contributed by atoms with Crippen molar-refractivity contribution < 1.29 is 9.53 Å². The lowest BCUT2D eigenvalue weighted by Gasteiger charge is -2.11. The molecule has 18 heavy (non-hydrogen) atoms. The molecule has 4 heteroatoms. The van der Waals surface area contributed by atoms with Crippen LogP contribution in [0.2, 0.25) is 0 Å². The molecule has 100 valence electrons. The molecule has 0 spiro atoms. The van der Waals surface area contributed by atoms with Crippen molar-refractivity contribution in [3.63, 3.8) is 0 Å². The summed E-state index contributed by atoms with van der Waals surface area (Å²) in [6.45, 7) is 5.44. The van der Waals surface area contributed by atoms with Crippen LogP contribution < -0.4 is 15.4 Å². The lowest BCUT2D eigenvalue weighted by molar-refractivity contribution is 0.240. The molecule has 0 aliphatic carbocycles. The van der Waals surface area contributed by atoms with E-state index in [-0.39, 0.29) is 6.03 Å². The number of hydrogen-bond donors (Lipinski definition) is 2. The van der Waals surface area contributed by atoms with Gasteiger partial charge in [0.25, 0.3) is 0 Å².